The van der Waals surface area contributed by atoms with Crippen molar-refractivity contribution in [3.63, 3.8) is 0 Å². The van der Waals surface area contributed by atoms with Crippen LogP contribution in [-0.4, -0.2) is 40.7 Å². The molecule has 1 fully saturated rings. The van der Waals surface area contributed by atoms with Gasteiger partial charge in [-0.25, -0.2) is 4.79 Å². The van der Waals surface area contributed by atoms with Gasteiger partial charge in [0.2, 0.25) is 0 Å². The van der Waals surface area contributed by atoms with Crippen molar-refractivity contribution in [2.24, 2.45) is 11.1 Å². The Kier molecular flexibility index (Phi) is 4.35. The van der Waals surface area contributed by atoms with E-state index in [2.05, 4.69) is 15.0 Å². The van der Waals surface area contributed by atoms with Crippen LogP contribution in [0.1, 0.15) is 18.2 Å². The fourth-order valence-corrected chi connectivity index (χ4v) is 2.18. The highest BCUT2D eigenvalue weighted by Crippen LogP contribution is 2.31. The first kappa shape index (κ1) is 14.5. The Morgan fingerprint density at radius 1 is 1.75 bits per heavy atom. The Balaban J connectivity index is 2.25. The summed E-state index contributed by atoms with van der Waals surface area (Å²) in [6, 6.07) is 0. The SMILES string of the molecule is CO/N=C/C1C[C@H](n2cc(C)c(N)nc2=O)O[C@@H]1CO. The molecule has 0 saturated carbocycles. The summed E-state index contributed by atoms with van der Waals surface area (Å²) in [6.45, 7) is 1.60. The number of aromatic nitrogens is 2. The van der Waals surface area contributed by atoms with Crippen LogP contribution in [0.25, 0.3) is 0 Å². The molecule has 0 bridgehead atoms. The van der Waals surface area contributed by atoms with Crippen molar-refractivity contribution >= 4 is 12.0 Å². The Bertz CT molecular complexity index is 557. The molecule has 1 aliphatic rings. The first-order valence-electron chi connectivity index (χ1n) is 6.25. The third kappa shape index (κ3) is 2.81. The number of aliphatic hydroxyl groups is 1. The average molecular weight is 282 g/mol. The lowest BCUT2D eigenvalue weighted by Crippen LogP contribution is -2.28. The van der Waals surface area contributed by atoms with Crippen LogP contribution < -0.4 is 11.4 Å². The van der Waals surface area contributed by atoms with Crippen LogP contribution in [0.4, 0.5) is 5.82 Å². The number of hydrogen-bond donors (Lipinski definition) is 2. The number of ether oxygens (including phenoxy) is 1. The maximum atomic E-state index is 11.9. The minimum atomic E-state index is -0.500. The summed E-state index contributed by atoms with van der Waals surface area (Å²) in [5.74, 6) is 0.0789. The van der Waals surface area contributed by atoms with Crippen LogP contribution >= 0.6 is 0 Å². The van der Waals surface area contributed by atoms with Gasteiger partial charge in [0.1, 0.15) is 19.2 Å². The molecular formula is C12H18N4O4. The largest absolute Gasteiger partial charge is 0.399 e. The van der Waals surface area contributed by atoms with Crippen molar-refractivity contribution in [1.82, 2.24) is 9.55 Å². The lowest BCUT2D eigenvalue weighted by molar-refractivity contribution is -0.0282. The van der Waals surface area contributed by atoms with E-state index in [0.29, 0.717) is 12.0 Å². The van der Waals surface area contributed by atoms with Crippen LogP contribution in [-0.2, 0) is 9.57 Å². The Morgan fingerprint density at radius 2 is 2.50 bits per heavy atom. The second kappa shape index (κ2) is 6.02. The molecule has 1 unspecified atom stereocenters. The highest BCUT2D eigenvalue weighted by molar-refractivity contribution is 5.61. The van der Waals surface area contributed by atoms with Gasteiger partial charge in [0.15, 0.2) is 0 Å². The molecule has 20 heavy (non-hydrogen) atoms. The van der Waals surface area contributed by atoms with Crippen LogP contribution in [0.5, 0.6) is 0 Å². The number of aliphatic hydroxyl groups excluding tert-OH is 1. The number of oxime groups is 1. The molecule has 1 aromatic heterocycles. The second-order valence-corrected chi connectivity index (χ2v) is 4.65. The van der Waals surface area contributed by atoms with Gasteiger partial charge < -0.3 is 20.4 Å². The van der Waals surface area contributed by atoms with Gasteiger partial charge in [-0.15, -0.1) is 0 Å². The van der Waals surface area contributed by atoms with Gasteiger partial charge in [-0.2, -0.15) is 4.98 Å². The van der Waals surface area contributed by atoms with E-state index in [9.17, 15) is 9.90 Å². The molecule has 1 saturated heterocycles. The zero-order valence-electron chi connectivity index (χ0n) is 11.4. The zero-order chi connectivity index (χ0) is 14.7. The maximum absolute atomic E-state index is 11.9. The number of rotatable bonds is 4. The monoisotopic (exact) mass is 282 g/mol. The number of hydrogen-bond acceptors (Lipinski definition) is 7. The molecule has 3 N–H and O–H groups in total. The van der Waals surface area contributed by atoms with Gasteiger partial charge >= 0.3 is 5.69 Å². The van der Waals surface area contributed by atoms with E-state index >= 15 is 0 Å². The molecule has 2 rings (SSSR count). The van der Waals surface area contributed by atoms with E-state index in [1.165, 1.54) is 11.7 Å². The standard InChI is InChI=1S/C12H18N4O4/c1-7-5-16(12(18)15-11(7)13)10-3-8(4-14-19-2)9(6-17)20-10/h4-5,8-10,17H,3,6H2,1-2H3,(H2,13,15,18)/b14-4+/t8?,9-,10-/m1/s1. The minimum absolute atomic E-state index is 0.130. The smallest absolute Gasteiger partial charge is 0.351 e. The van der Waals surface area contributed by atoms with Crippen LogP contribution in [0.15, 0.2) is 16.1 Å². The number of nitrogens with zero attached hydrogens (tertiary/aromatic N) is 3. The van der Waals surface area contributed by atoms with Gasteiger partial charge in [0.25, 0.3) is 0 Å². The van der Waals surface area contributed by atoms with E-state index < -0.39 is 18.0 Å². The van der Waals surface area contributed by atoms with Gasteiger partial charge in [-0.3, -0.25) is 4.57 Å². The summed E-state index contributed by atoms with van der Waals surface area (Å²) in [4.78, 5) is 20.2. The predicted octanol–water partition coefficient (Wildman–Crippen LogP) is -0.338. The maximum Gasteiger partial charge on any atom is 0.351 e. The molecule has 0 spiro atoms. The molecule has 1 aromatic rings. The Labute approximate surface area is 115 Å². The topological polar surface area (TPSA) is 112 Å². The van der Waals surface area contributed by atoms with Crippen molar-refractivity contribution in [1.29, 1.82) is 0 Å². The molecule has 3 atom stereocenters. The molecule has 110 valence electrons. The Morgan fingerprint density at radius 3 is 3.15 bits per heavy atom. The molecule has 8 heteroatoms. The lowest BCUT2D eigenvalue weighted by Gasteiger charge is -2.15. The molecule has 0 radical (unpaired) electrons. The fourth-order valence-electron chi connectivity index (χ4n) is 2.18. The first-order valence-corrected chi connectivity index (χ1v) is 6.25. The van der Waals surface area contributed by atoms with E-state index in [1.807, 2.05) is 0 Å². The van der Waals surface area contributed by atoms with Crippen molar-refractivity contribution in [2.45, 2.75) is 25.7 Å². The quantitative estimate of drug-likeness (QED) is 0.577. The van der Waals surface area contributed by atoms with Gasteiger partial charge in [0.05, 0.1) is 12.7 Å². The molecule has 8 nitrogen and oxygen atoms in total. The summed E-state index contributed by atoms with van der Waals surface area (Å²) < 4.78 is 7.05. The fraction of sp³-hybridized carbons (Fsp3) is 0.583. The predicted molar refractivity (Wildman–Crippen MR) is 72.3 cm³/mol. The highest BCUT2D eigenvalue weighted by Gasteiger charge is 2.35. The van der Waals surface area contributed by atoms with Crippen LogP contribution in [0, 0.1) is 12.8 Å². The Hall–Kier alpha value is -1.93. The third-order valence-corrected chi connectivity index (χ3v) is 3.30. The molecular weight excluding hydrogens is 264 g/mol. The normalized spacial score (nSPS) is 26.2. The lowest BCUT2D eigenvalue weighted by atomic mass is 10.0. The summed E-state index contributed by atoms with van der Waals surface area (Å²) in [5, 5.41) is 13.0. The minimum Gasteiger partial charge on any atom is -0.399 e. The summed E-state index contributed by atoms with van der Waals surface area (Å²) >= 11 is 0. The van der Waals surface area contributed by atoms with Crippen molar-refractivity contribution in [3.8, 4) is 0 Å². The number of anilines is 1. The van der Waals surface area contributed by atoms with E-state index in [-0.39, 0.29) is 18.3 Å². The number of nitrogen functional groups attached to an aromatic ring is 1. The van der Waals surface area contributed by atoms with E-state index in [4.69, 9.17) is 10.5 Å². The molecule has 0 aliphatic carbocycles. The van der Waals surface area contributed by atoms with Gasteiger partial charge in [0, 0.05) is 30.3 Å². The van der Waals surface area contributed by atoms with Gasteiger partial charge in [-0.1, -0.05) is 5.16 Å². The molecule has 2 heterocycles. The van der Waals surface area contributed by atoms with E-state index in [1.54, 1.807) is 19.3 Å². The number of aryl methyl sites for hydroxylation is 1. The second-order valence-electron chi connectivity index (χ2n) is 4.65. The van der Waals surface area contributed by atoms with Crippen molar-refractivity contribution < 1.29 is 14.7 Å². The molecule has 0 aromatic carbocycles. The molecule has 0 amide bonds. The summed E-state index contributed by atoms with van der Waals surface area (Å²) in [5.41, 5.74) is 5.82. The van der Waals surface area contributed by atoms with Crippen LogP contribution in [0.2, 0.25) is 0 Å². The van der Waals surface area contributed by atoms with E-state index in [0.717, 1.165) is 0 Å². The van der Waals surface area contributed by atoms with Crippen molar-refractivity contribution in [3.05, 3.63) is 22.2 Å². The highest BCUT2D eigenvalue weighted by atomic mass is 16.6. The zero-order valence-corrected chi connectivity index (χ0v) is 11.4. The van der Waals surface area contributed by atoms with Crippen molar-refractivity contribution in [2.75, 3.05) is 19.5 Å². The molecule has 1 aliphatic heterocycles. The number of nitrogens with two attached hydrogens (primary N) is 1. The average Bonchev–Trinajstić information content (AvgIpc) is 2.83. The van der Waals surface area contributed by atoms with Gasteiger partial charge in [-0.05, 0) is 6.92 Å². The first-order chi connectivity index (χ1) is 9.56. The summed E-state index contributed by atoms with van der Waals surface area (Å²) in [7, 11) is 1.44. The third-order valence-electron chi connectivity index (χ3n) is 3.30. The summed E-state index contributed by atoms with van der Waals surface area (Å²) in [6.07, 6.45) is 2.76. The van der Waals surface area contributed by atoms with Crippen LogP contribution in [0.3, 0.4) is 0 Å².